The van der Waals surface area contributed by atoms with Crippen LogP contribution in [-0.4, -0.2) is 26.2 Å². The van der Waals surface area contributed by atoms with Crippen LogP contribution < -0.4 is 11.1 Å². The van der Waals surface area contributed by atoms with Crippen molar-refractivity contribution in [2.45, 2.75) is 6.54 Å². The van der Waals surface area contributed by atoms with Crippen LogP contribution in [0.5, 0.6) is 0 Å². The molecule has 4 N–H and O–H groups in total. The lowest BCUT2D eigenvalue weighted by atomic mass is 10.3. The van der Waals surface area contributed by atoms with E-state index >= 15 is 0 Å². The van der Waals surface area contributed by atoms with Gasteiger partial charge in [0.2, 0.25) is 6.39 Å². The van der Waals surface area contributed by atoms with Gasteiger partial charge in [-0.2, -0.15) is 4.98 Å². The van der Waals surface area contributed by atoms with Gasteiger partial charge in [0, 0.05) is 0 Å². The van der Waals surface area contributed by atoms with E-state index in [9.17, 15) is 4.79 Å². The lowest BCUT2D eigenvalue weighted by Gasteiger charge is -2.06. The quantitative estimate of drug-likeness (QED) is 0.692. The number of carboxylic acid groups (broad SMARTS) is 1. The molecule has 0 spiro atoms. The molecule has 0 aliphatic heterocycles. The van der Waals surface area contributed by atoms with Crippen LogP contribution in [0, 0.1) is 0 Å². The summed E-state index contributed by atoms with van der Waals surface area (Å²) in [4.78, 5) is 18.4. The smallest absolute Gasteiger partial charge is 0.354 e. The highest BCUT2D eigenvalue weighted by molar-refractivity contribution is 5.86. The van der Waals surface area contributed by atoms with E-state index in [1.807, 2.05) is 0 Å². The molecule has 2 rings (SSSR count). The van der Waals surface area contributed by atoms with Crippen molar-refractivity contribution in [3.8, 4) is 0 Å². The zero-order chi connectivity index (χ0) is 12.3. The second-order valence-electron chi connectivity index (χ2n) is 3.14. The summed E-state index contributed by atoms with van der Waals surface area (Å²) in [6, 6.07) is 2.80. The summed E-state index contributed by atoms with van der Waals surface area (Å²) >= 11 is 0. The van der Waals surface area contributed by atoms with Crippen LogP contribution in [0.1, 0.15) is 16.3 Å². The normalized spacial score (nSPS) is 10.1. The molecule has 0 aliphatic rings. The number of nitrogens with one attached hydrogen (secondary N) is 1. The molecular formula is C9H9N5O3. The van der Waals surface area contributed by atoms with Crippen molar-refractivity contribution in [3.63, 3.8) is 0 Å². The molecule has 0 saturated heterocycles. The van der Waals surface area contributed by atoms with Crippen molar-refractivity contribution >= 4 is 17.5 Å². The topological polar surface area (TPSA) is 127 Å². The molecule has 8 nitrogen and oxygen atoms in total. The number of aromatic carboxylic acids is 1. The Labute approximate surface area is 95.5 Å². The zero-order valence-corrected chi connectivity index (χ0v) is 8.62. The van der Waals surface area contributed by atoms with Gasteiger partial charge in [-0.1, -0.05) is 5.16 Å². The van der Waals surface area contributed by atoms with Gasteiger partial charge in [0.15, 0.2) is 17.3 Å². The molecule has 0 atom stereocenters. The van der Waals surface area contributed by atoms with Crippen LogP contribution >= 0.6 is 0 Å². The van der Waals surface area contributed by atoms with Crippen molar-refractivity contribution in [2.75, 3.05) is 11.1 Å². The first-order valence-electron chi connectivity index (χ1n) is 4.66. The Hall–Kier alpha value is -2.64. The maximum Gasteiger partial charge on any atom is 0.354 e. The number of hydrogen-bond donors (Lipinski definition) is 3. The summed E-state index contributed by atoms with van der Waals surface area (Å²) in [6.07, 6.45) is 1.20. The number of hydrogen-bond acceptors (Lipinski definition) is 7. The molecule has 0 aromatic carbocycles. The molecule has 0 radical (unpaired) electrons. The van der Waals surface area contributed by atoms with Gasteiger partial charge < -0.3 is 20.7 Å². The average molecular weight is 235 g/mol. The summed E-state index contributed by atoms with van der Waals surface area (Å²) in [6.45, 7) is 0.247. The van der Waals surface area contributed by atoms with Crippen LogP contribution in [0.2, 0.25) is 0 Å². The third-order valence-electron chi connectivity index (χ3n) is 1.97. The molecule has 17 heavy (non-hydrogen) atoms. The van der Waals surface area contributed by atoms with E-state index in [2.05, 4.69) is 25.0 Å². The monoisotopic (exact) mass is 235 g/mol. The van der Waals surface area contributed by atoms with E-state index in [4.69, 9.17) is 10.8 Å². The zero-order valence-electron chi connectivity index (χ0n) is 8.62. The predicted octanol–water partition coefficient (Wildman–Crippen LogP) is 0.357. The van der Waals surface area contributed by atoms with Crippen molar-refractivity contribution in [3.05, 3.63) is 30.0 Å². The number of nitrogens with zero attached hydrogens (tertiary/aromatic N) is 3. The molecule has 88 valence electrons. The first-order chi connectivity index (χ1) is 8.16. The third kappa shape index (κ3) is 2.48. The van der Waals surface area contributed by atoms with Crippen LogP contribution in [0.4, 0.5) is 11.5 Å². The fraction of sp³-hybridized carbons (Fsp3) is 0.111. The number of rotatable bonds is 4. The SMILES string of the molecule is Nc1ccc(C(=O)O)nc1NCc1ncon1. The molecule has 2 aromatic rings. The summed E-state index contributed by atoms with van der Waals surface area (Å²) in [5, 5.41) is 15.2. The highest BCUT2D eigenvalue weighted by Gasteiger charge is 2.09. The molecule has 0 fully saturated rings. The van der Waals surface area contributed by atoms with E-state index in [0.717, 1.165) is 0 Å². The maximum absolute atomic E-state index is 10.7. The Morgan fingerprint density at radius 3 is 3.00 bits per heavy atom. The van der Waals surface area contributed by atoms with Crippen molar-refractivity contribution in [2.24, 2.45) is 0 Å². The van der Waals surface area contributed by atoms with Gasteiger partial charge in [-0.05, 0) is 12.1 Å². The summed E-state index contributed by atoms with van der Waals surface area (Å²) in [5.74, 6) is -0.422. The van der Waals surface area contributed by atoms with Gasteiger partial charge in [-0.3, -0.25) is 0 Å². The number of carbonyl (C=O) groups is 1. The number of aromatic nitrogens is 3. The first kappa shape index (κ1) is 10.9. The van der Waals surface area contributed by atoms with Gasteiger partial charge in [-0.25, -0.2) is 9.78 Å². The van der Waals surface area contributed by atoms with Gasteiger partial charge in [-0.15, -0.1) is 0 Å². The fourth-order valence-corrected chi connectivity index (χ4v) is 1.16. The predicted molar refractivity (Wildman–Crippen MR) is 57.2 cm³/mol. The Morgan fingerprint density at radius 2 is 2.35 bits per heavy atom. The summed E-state index contributed by atoms with van der Waals surface area (Å²) < 4.78 is 4.55. The second kappa shape index (κ2) is 4.47. The number of carboxylic acids is 1. The third-order valence-corrected chi connectivity index (χ3v) is 1.97. The van der Waals surface area contributed by atoms with Crippen molar-refractivity contribution < 1.29 is 14.4 Å². The van der Waals surface area contributed by atoms with E-state index in [-0.39, 0.29) is 18.1 Å². The van der Waals surface area contributed by atoms with E-state index in [1.54, 1.807) is 0 Å². The molecule has 0 aliphatic carbocycles. The van der Waals surface area contributed by atoms with E-state index in [1.165, 1.54) is 18.5 Å². The van der Waals surface area contributed by atoms with Crippen LogP contribution in [0.15, 0.2) is 23.0 Å². The number of anilines is 2. The maximum atomic E-state index is 10.7. The van der Waals surface area contributed by atoms with E-state index in [0.29, 0.717) is 11.5 Å². The molecule has 0 unspecified atom stereocenters. The second-order valence-corrected chi connectivity index (χ2v) is 3.14. The number of nitrogen functional groups attached to an aromatic ring is 1. The molecule has 8 heteroatoms. The largest absolute Gasteiger partial charge is 0.477 e. The highest BCUT2D eigenvalue weighted by atomic mass is 16.5. The van der Waals surface area contributed by atoms with E-state index < -0.39 is 5.97 Å². The van der Waals surface area contributed by atoms with Gasteiger partial charge in [0.05, 0.1) is 12.2 Å². The lowest BCUT2D eigenvalue weighted by molar-refractivity contribution is 0.0690. The van der Waals surface area contributed by atoms with Crippen LogP contribution in [-0.2, 0) is 6.54 Å². The van der Waals surface area contributed by atoms with Crippen molar-refractivity contribution in [1.82, 2.24) is 15.1 Å². The van der Waals surface area contributed by atoms with Gasteiger partial charge >= 0.3 is 5.97 Å². The summed E-state index contributed by atoms with van der Waals surface area (Å²) in [5.41, 5.74) is 5.90. The minimum absolute atomic E-state index is 0.0881. The average Bonchev–Trinajstić information content (AvgIpc) is 2.80. The Morgan fingerprint density at radius 1 is 1.53 bits per heavy atom. The lowest BCUT2D eigenvalue weighted by Crippen LogP contribution is -2.09. The van der Waals surface area contributed by atoms with Crippen LogP contribution in [0.25, 0.3) is 0 Å². The Bertz CT molecular complexity index is 525. The van der Waals surface area contributed by atoms with Gasteiger partial charge in [0.1, 0.15) is 0 Å². The fourth-order valence-electron chi connectivity index (χ4n) is 1.16. The standard InChI is InChI=1S/C9H9N5O3/c10-5-1-2-6(9(15)16)13-8(5)11-3-7-12-4-17-14-7/h1-2,4H,3,10H2,(H,11,13)(H,15,16). The Kier molecular flexibility index (Phi) is 2.86. The molecule has 0 saturated carbocycles. The Balaban J connectivity index is 2.14. The molecular weight excluding hydrogens is 226 g/mol. The molecule has 0 amide bonds. The highest BCUT2D eigenvalue weighted by Crippen LogP contribution is 2.16. The number of nitrogens with two attached hydrogens (primary N) is 1. The summed E-state index contributed by atoms with van der Waals surface area (Å²) in [7, 11) is 0. The van der Waals surface area contributed by atoms with Crippen molar-refractivity contribution in [1.29, 1.82) is 0 Å². The van der Waals surface area contributed by atoms with Crippen LogP contribution in [0.3, 0.4) is 0 Å². The molecule has 2 aromatic heterocycles. The van der Waals surface area contributed by atoms with Gasteiger partial charge in [0.25, 0.3) is 0 Å². The molecule has 0 bridgehead atoms. The minimum Gasteiger partial charge on any atom is -0.477 e. The first-order valence-corrected chi connectivity index (χ1v) is 4.66. The molecule has 2 heterocycles. The minimum atomic E-state index is -1.12. The number of pyridine rings is 1.